The number of rotatable bonds is 2. The highest BCUT2D eigenvalue weighted by Gasteiger charge is 2.21. The molecular formula is C11H12ClN3O. The van der Waals surface area contributed by atoms with Gasteiger partial charge in [-0.2, -0.15) is 5.26 Å². The second kappa shape index (κ2) is 4.69. The van der Waals surface area contributed by atoms with Crippen LogP contribution in [0.1, 0.15) is 12.0 Å². The normalized spacial score (nSPS) is 19.4. The van der Waals surface area contributed by atoms with Crippen LogP contribution in [-0.4, -0.2) is 31.3 Å². The molecule has 5 heteroatoms. The molecule has 1 atom stereocenters. The van der Waals surface area contributed by atoms with Gasteiger partial charge in [-0.1, -0.05) is 11.6 Å². The molecule has 0 spiro atoms. The Kier molecular flexibility index (Phi) is 3.28. The standard InChI is InChI=1S/C11H12ClN3O/c1-15(9-2-3-16-7-9)11-5-8(6-13)4-10(12)14-11/h4-5,9H,2-3,7H2,1H3. The zero-order valence-electron chi connectivity index (χ0n) is 8.98. The molecule has 0 amide bonds. The van der Waals surface area contributed by atoms with Crippen molar-refractivity contribution in [3.8, 4) is 6.07 Å². The van der Waals surface area contributed by atoms with E-state index < -0.39 is 0 Å². The minimum absolute atomic E-state index is 0.317. The second-order valence-electron chi connectivity index (χ2n) is 3.78. The smallest absolute Gasteiger partial charge is 0.132 e. The van der Waals surface area contributed by atoms with Crippen LogP contribution >= 0.6 is 11.6 Å². The molecule has 0 N–H and O–H groups in total. The first kappa shape index (κ1) is 11.2. The van der Waals surface area contributed by atoms with E-state index in [1.54, 1.807) is 12.1 Å². The second-order valence-corrected chi connectivity index (χ2v) is 4.16. The van der Waals surface area contributed by atoms with Crippen LogP contribution < -0.4 is 4.90 Å². The molecule has 1 aromatic rings. The molecule has 1 fully saturated rings. The van der Waals surface area contributed by atoms with Gasteiger partial charge in [-0.3, -0.25) is 0 Å². The number of ether oxygens (including phenoxy) is 1. The predicted octanol–water partition coefficient (Wildman–Crippen LogP) is 1.83. The lowest BCUT2D eigenvalue weighted by atomic mass is 10.2. The lowest BCUT2D eigenvalue weighted by Crippen LogP contribution is -2.32. The zero-order chi connectivity index (χ0) is 11.5. The van der Waals surface area contributed by atoms with E-state index in [4.69, 9.17) is 21.6 Å². The number of anilines is 1. The SMILES string of the molecule is CN(c1cc(C#N)cc(Cl)n1)C1CCOC1. The number of pyridine rings is 1. The van der Waals surface area contributed by atoms with Crippen molar-refractivity contribution >= 4 is 17.4 Å². The summed E-state index contributed by atoms with van der Waals surface area (Å²) >= 11 is 5.86. The Bertz CT molecular complexity index is 424. The summed E-state index contributed by atoms with van der Waals surface area (Å²) in [4.78, 5) is 6.22. The van der Waals surface area contributed by atoms with E-state index in [2.05, 4.69) is 11.1 Å². The molecule has 0 aliphatic carbocycles. The molecule has 0 aromatic carbocycles. The van der Waals surface area contributed by atoms with Crippen molar-refractivity contribution in [3.05, 3.63) is 22.8 Å². The van der Waals surface area contributed by atoms with Crippen LogP contribution in [0.4, 0.5) is 5.82 Å². The molecule has 1 saturated heterocycles. The van der Waals surface area contributed by atoms with Crippen molar-refractivity contribution in [1.82, 2.24) is 4.98 Å². The largest absolute Gasteiger partial charge is 0.379 e. The van der Waals surface area contributed by atoms with Crippen LogP contribution in [0.15, 0.2) is 12.1 Å². The lowest BCUT2D eigenvalue weighted by molar-refractivity contribution is 0.193. The Morgan fingerprint density at radius 1 is 1.62 bits per heavy atom. The highest BCUT2D eigenvalue weighted by atomic mass is 35.5. The maximum Gasteiger partial charge on any atom is 0.132 e. The molecule has 2 rings (SSSR count). The molecule has 1 unspecified atom stereocenters. The molecular weight excluding hydrogens is 226 g/mol. The van der Waals surface area contributed by atoms with Gasteiger partial charge in [0, 0.05) is 13.7 Å². The zero-order valence-corrected chi connectivity index (χ0v) is 9.74. The third-order valence-corrected chi connectivity index (χ3v) is 2.92. The van der Waals surface area contributed by atoms with Gasteiger partial charge in [0.25, 0.3) is 0 Å². The molecule has 2 heterocycles. The lowest BCUT2D eigenvalue weighted by Gasteiger charge is -2.24. The summed E-state index contributed by atoms with van der Waals surface area (Å²) in [6.45, 7) is 1.48. The number of nitriles is 1. The average molecular weight is 238 g/mol. The number of nitrogens with zero attached hydrogens (tertiary/aromatic N) is 3. The summed E-state index contributed by atoms with van der Waals surface area (Å²) in [5.41, 5.74) is 0.528. The first-order chi connectivity index (χ1) is 7.70. The van der Waals surface area contributed by atoms with E-state index in [0.717, 1.165) is 18.8 Å². The van der Waals surface area contributed by atoms with Crippen molar-refractivity contribution in [2.24, 2.45) is 0 Å². The topological polar surface area (TPSA) is 49.2 Å². The summed E-state index contributed by atoms with van der Waals surface area (Å²) in [6, 6.07) is 5.69. The molecule has 1 aliphatic rings. The number of hydrogen-bond donors (Lipinski definition) is 0. The van der Waals surface area contributed by atoms with Gasteiger partial charge < -0.3 is 9.64 Å². The van der Waals surface area contributed by atoms with Gasteiger partial charge in [-0.25, -0.2) is 4.98 Å². The minimum atomic E-state index is 0.317. The van der Waals surface area contributed by atoms with Crippen LogP contribution in [-0.2, 0) is 4.74 Å². The molecule has 0 saturated carbocycles. The quantitative estimate of drug-likeness (QED) is 0.737. The Morgan fingerprint density at radius 3 is 3.06 bits per heavy atom. The summed E-state index contributed by atoms with van der Waals surface area (Å²) in [5, 5.41) is 9.20. The van der Waals surface area contributed by atoms with Crippen LogP contribution in [0, 0.1) is 11.3 Å². The van der Waals surface area contributed by atoms with Gasteiger partial charge in [0.15, 0.2) is 0 Å². The summed E-state index contributed by atoms with van der Waals surface area (Å²) in [6.07, 6.45) is 0.979. The maximum absolute atomic E-state index is 8.85. The minimum Gasteiger partial charge on any atom is -0.379 e. The van der Waals surface area contributed by atoms with Gasteiger partial charge in [0.2, 0.25) is 0 Å². The number of likely N-dealkylation sites (N-methyl/N-ethyl adjacent to an activating group) is 1. The summed E-state index contributed by atoms with van der Waals surface area (Å²) in [7, 11) is 1.94. The predicted molar refractivity (Wildman–Crippen MR) is 61.6 cm³/mol. The van der Waals surface area contributed by atoms with Crippen LogP contribution in [0.25, 0.3) is 0 Å². The molecule has 1 aliphatic heterocycles. The Hall–Kier alpha value is -1.31. The van der Waals surface area contributed by atoms with E-state index in [0.29, 0.717) is 23.4 Å². The number of halogens is 1. The van der Waals surface area contributed by atoms with Crippen molar-refractivity contribution in [2.75, 3.05) is 25.2 Å². The highest BCUT2D eigenvalue weighted by Crippen LogP contribution is 2.21. The van der Waals surface area contributed by atoms with Crippen LogP contribution in [0.5, 0.6) is 0 Å². The van der Waals surface area contributed by atoms with Crippen molar-refractivity contribution in [2.45, 2.75) is 12.5 Å². The molecule has 4 nitrogen and oxygen atoms in total. The third kappa shape index (κ3) is 2.26. The fraction of sp³-hybridized carbons (Fsp3) is 0.455. The van der Waals surface area contributed by atoms with E-state index in [1.165, 1.54) is 0 Å². The van der Waals surface area contributed by atoms with Gasteiger partial charge in [-0.05, 0) is 18.6 Å². The Morgan fingerprint density at radius 2 is 2.44 bits per heavy atom. The number of hydrogen-bond acceptors (Lipinski definition) is 4. The van der Waals surface area contributed by atoms with E-state index in [-0.39, 0.29) is 0 Å². The maximum atomic E-state index is 8.85. The first-order valence-electron chi connectivity index (χ1n) is 5.09. The molecule has 1 aromatic heterocycles. The average Bonchev–Trinajstić information content (AvgIpc) is 2.80. The monoisotopic (exact) mass is 237 g/mol. The fourth-order valence-corrected chi connectivity index (χ4v) is 1.95. The summed E-state index contributed by atoms with van der Waals surface area (Å²) < 4.78 is 5.32. The molecule has 0 bridgehead atoms. The Labute approximate surface area is 99.4 Å². The van der Waals surface area contributed by atoms with Crippen LogP contribution in [0.2, 0.25) is 5.15 Å². The third-order valence-electron chi connectivity index (χ3n) is 2.72. The molecule has 0 radical (unpaired) electrons. The Balaban J connectivity index is 2.25. The molecule has 84 valence electrons. The first-order valence-corrected chi connectivity index (χ1v) is 5.47. The van der Waals surface area contributed by atoms with Crippen molar-refractivity contribution in [3.63, 3.8) is 0 Å². The number of aromatic nitrogens is 1. The van der Waals surface area contributed by atoms with Crippen molar-refractivity contribution < 1.29 is 4.74 Å². The van der Waals surface area contributed by atoms with Gasteiger partial charge in [0.1, 0.15) is 11.0 Å². The van der Waals surface area contributed by atoms with Gasteiger partial charge >= 0.3 is 0 Å². The van der Waals surface area contributed by atoms with E-state index in [9.17, 15) is 0 Å². The summed E-state index contributed by atoms with van der Waals surface area (Å²) in [5.74, 6) is 0.722. The van der Waals surface area contributed by atoms with E-state index in [1.807, 2.05) is 11.9 Å². The van der Waals surface area contributed by atoms with Gasteiger partial charge in [0.05, 0.1) is 24.3 Å². The van der Waals surface area contributed by atoms with Gasteiger partial charge in [-0.15, -0.1) is 0 Å². The van der Waals surface area contributed by atoms with Crippen molar-refractivity contribution in [1.29, 1.82) is 5.26 Å². The highest BCUT2D eigenvalue weighted by molar-refractivity contribution is 6.29. The molecule has 16 heavy (non-hydrogen) atoms. The van der Waals surface area contributed by atoms with E-state index >= 15 is 0 Å². The van der Waals surface area contributed by atoms with Crippen LogP contribution in [0.3, 0.4) is 0 Å². The fourth-order valence-electron chi connectivity index (χ4n) is 1.74.